The van der Waals surface area contributed by atoms with E-state index in [1.54, 1.807) is 33.2 Å². The number of likely N-dealkylation sites (N-methyl/N-ethyl adjacent to an activating group) is 1. The Hall–Kier alpha value is -2.56. The highest BCUT2D eigenvalue weighted by atomic mass is 127. The molecule has 2 aromatic carbocycles. The molecule has 0 aliphatic carbocycles. The molecule has 9 heteroatoms. The third-order valence-electron chi connectivity index (χ3n) is 4.34. The number of rotatable bonds is 9. The van der Waals surface area contributed by atoms with Crippen LogP contribution in [0.3, 0.4) is 0 Å². The van der Waals surface area contributed by atoms with E-state index in [2.05, 4.69) is 20.9 Å². The smallest absolute Gasteiger partial charge is 0.257 e. The Bertz CT molecular complexity index is 893. The summed E-state index contributed by atoms with van der Waals surface area (Å²) in [6.45, 7) is 5.01. The molecule has 0 saturated carbocycles. The Morgan fingerprint density at radius 1 is 1.03 bits per heavy atom. The Morgan fingerprint density at radius 2 is 1.68 bits per heavy atom. The minimum atomic E-state index is -0.223. The number of carbonyl (C=O) groups excluding carboxylic acids is 1. The van der Waals surface area contributed by atoms with Gasteiger partial charge in [-0.15, -0.1) is 24.0 Å². The molecule has 7 nitrogen and oxygen atoms in total. The first kappa shape index (κ1) is 26.5. The number of benzene rings is 2. The molecule has 3 N–H and O–H groups in total. The van der Waals surface area contributed by atoms with E-state index in [0.29, 0.717) is 42.7 Å². The Kier molecular flexibility index (Phi) is 11.7. The fourth-order valence-corrected chi connectivity index (χ4v) is 2.67. The number of nitrogens with zero attached hydrogens (tertiary/aromatic N) is 1. The van der Waals surface area contributed by atoms with Gasteiger partial charge in [0.2, 0.25) is 0 Å². The first-order chi connectivity index (χ1) is 14.5. The standard InChI is InChI=1S/C22H29FN4O3.HI/c1-5-25-21(28)14-30-19-9-8-17(11-20(19)29-4)13-27-22(24-3)26-12-16-7-6-15(2)18(23)10-16;/h6-11H,5,12-14H2,1-4H3,(H,25,28)(H2,24,26,27);1H. The van der Waals surface area contributed by atoms with Gasteiger partial charge < -0.3 is 25.4 Å². The molecule has 0 unspecified atom stereocenters. The van der Waals surface area contributed by atoms with Crippen LogP contribution in [0.25, 0.3) is 0 Å². The van der Waals surface area contributed by atoms with E-state index in [4.69, 9.17) is 9.47 Å². The zero-order valence-corrected chi connectivity index (χ0v) is 20.6. The highest BCUT2D eigenvalue weighted by Gasteiger charge is 2.09. The van der Waals surface area contributed by atoms with Crippen LogP contribution in [0.4, 0.5) is 4.39 Å². The quantitative estimate of drug-likeness (QED) is 0.257. The van der Waals surface area contributed by atoms with Crippen molar-refractivity contribution < 1.29 is 18.7 Å². The largest absolute Gasteiger partial charge is 0.493 e. The number of ether oxygens (including phenoxy) is 2. The molecule has 2 aromatic rings. The molecule has 2 rings (SSSR count). The van der Waals surface area contributed by atoms with Gasteiger partial charge in [-0.05, 0) is 48.7 Å². The van der Waals surface area contributed by atoms with Gasteiger partial charge in [-0.25, -0.2) is 4.39 Å². The molecule has 0 atom stereocenters. The van der Waals surface area contributed by atoms with Gasteiger partial charge in [0.25, 0.3) is 5.91 Å². The second-order valence-corrected chi connectivity index (χ2v) is 6.59. The number of nitrogens with one attached hydrogen (secondary N) is 3. The second-order valence-electron chi connectivity index (χ2n) is 6.59. The summed E-state index contributed by atoms with van der Waals surface area (Å²) in [5.74, 6) is 1.21. The summed E-state index contributed by atoms with van der Waals surface area (Å²) in [4.78, 5) is 15.7. The monoisotopic (exact) mass is 544 g/mol. The molecule has 0 aromatic heterocycles. The summed E-state index contributed by atoms with van der Waals surface area (Å²) >= 11 is 0. The molecule has 1 amide bonds. The number of aliphatic imine (C=N–C) groups is 1. The lowest BCUT2D eigenvalue weighted by atomic mass is 10.1. The van der Waals surface area contributed by atoms with E-state index in [9.17, 15) is 9.18 Å². The predicted octanol–water partition coefficient (Wildman–Crippen LogP) is 3.14. The van der Waals surface area contributed by atoms with Gasteiger partial charge in [-0.2, -0.15) is 0 Å². The third kappa shape index (κ3) is 8.60. The lowest BCUT2D eigenvalue weighted by Gasteiger charge is -2.14. The first-order valence-corrected chi connectivity index (χ1v) is 9.72. The maximum absolute atomic E-state index is 13.7. The average Bonchev–Trinajstić information content (AvgIpc) is 2.75. The van der Waals surface area contributed by atoms with Crippen LogP contribution in [0, 0.1) is 12.7 Å². The summed E-state index contributed by atoms with van der Waals surface area (Å²) in [7, 11) is 3.22. The fourth-order valence-electron chi connectivity index (χ4n) is 2.67. The van der Waals surface area contributed by atoms with Crippen molar-refractivity contribution in [2.75, 3.05) is 27.3 Å². The molecule has 170 valence electrons. The van der Waals surface area contributed by atoms with Crippen molar-refractivity contribution in [3.05, 3.63) is 58.9 Å². The molecule has 0 radical (unpaired) electrons. The molecular formula is C22H30FIN4O3. The van der Waals surface area contributed by atoms with E-state index in [1.807, 2.05) is 25.1 Å². The molecule has 0 bridgehead atoms. The Labute approximate surface area is 199 Å². The number of guanidine groups is 1. The zero-order valence-electron chi connectivity index (χ0n) is 18.3. The third-order valence-corrected chi connectivity index (χ3v) is 4.34. The van der Waals surface area contributed by atoms with Crippen LogP contribution < -0.4 is 25.4 Å². The van der Waals surface area contributed by atoms with Gasteiger partial charge in [-0.1, -0.05) is 18.2 Å². The number of halogens is 2. The van der Waals surface area contributed by atoms with Crippen molar-refractivity contribution in [3.8, 4) is 11.5 Å². The maximum Gasteiger partial charge on any atom is 0.257 e. The highest BCUT2D eigenvalue weighted by Crippen LogP contribution is 2.28. The topological polar surface area (TPSA) is 84.0 Å². The number of hydrogen-bond acceptors (Lipinski definition) is 4. The molecule has 0 heterocycles. The lowest BCUT2D eigenvalue weighted by molar-refractivity contribution is -0.123. The van der Waals surface area contributed by atoms with Gasteiger partial charge in [0.15, 0.2) is 24.1 Å². The van der Waals surface area contributed by atoms with Crippen LogP contribution in [0.5, 0.6) is 11.5 Å². The van der Waals surface area contributed by atoms with Gasteiger partial charge in [0.05, 0.1) is 7.11 Å². The van der Waals surface area contributed by atoms with Crippen molar-refractivity contribution in [1.82, 2.24) is 16.0 Å². The highest BCUT2D eigenvalue weighted by molar-refractivity contribution is 14.0. The van der Waals surface area contributed by atoms with Crippen LogP contribution in [0.15, 0.2) is 41.4 Å². The summed E-state index contributed by atoms with van der Waals surface area (Å²) in [6.07, 6.45) is 0. The van der Waals surface area contributed by atoms with Gasteiger partial charge in [-0.3, -0.25) is 9.79 Å². The number of methoxy groups -OCH3 is 1. The summed E-state index contributed by atoms with van der Waals surface area (Å²) in [5.41, 5.74) is 2.39. The van der Waals surface area contributed by atoms with Crippen molar-refractivity contribution in [2.45, 2.75) is 26.9 Å². The number of aryl methyl sites for hydroxylation is 1. The van der Waals surface area contributed by atoms with E-state index in [1.165, 1.54) is 6.07 Å². The molecule has 0 spiro atoms. The van der Waals surface area contributed by atoms with Crippen LogP contribution in [-0.4, -0.2) is 39.2 Å². The minimum absolute atomic E-state index is 0. The Balaban J connectivity index is 0.00000480. The summed E-state index contributed by atoms with van der Waals surface area (Å²) in [5, 5.41) is 9.04. The number of carbonyl (C=O) groups is 1. The van der Waals surface area contributed by atoms with Crippen molar-refractivity contribution in [1.29, 1.82) is 0 Å². The van der Waals surface area contributed by atoms with Crippen molar-refractivity contribution >= 4 is 35.8 Å². The molecule has 0 aliphatic heterocycles. The van der Waals surface area contributed by atoms with Gasteiger partial charge in [0.1, 0.15) is 5.82 Å². The summed E-state index contributed by atoms with van der Waals surface area (Å²) < 4.78 is 24.6. The number of amides is 1. The SMILES string of the molecule is CCNC(=O)COc1ccc(CNC(=NC)NCc2ccc(C)c(F)c2)cc1OC.I. The average molecular weight is 544 g/mol. The predicted molar refractivity (Wildman–Crippen MR) is 131 cm³/mol. The molecular weight excluding hydrogens is 514 g/mol. The lowest BCUT2D eigenvalue weighted by Crippen LogP contribution is -2.36. The molecule has 0 aliphatic rings. The Morgan fingerprint density at radius 3 is 2.26 bits per heavy atom. The normalized spacial score (nSPS) is 10.7. The first-order valence-electron chi connectivity index (χ1n) is 9.72. The molecule has 31 heavy (non-hydrogen) atoms. The van der Waals surface area contributed by atoms with E-state index < -0.39 is 0 Å². The van der Waals surface area contributed by atoms with Crippen molar-refractivity contribution in [3.63, 3.8) is 0 Å². The van der Waals surface area contributed by atoms with Crippen LogP contribution in [0.2, 0.25) is 0 Å². The maximum atomic E-state index is 13.7. The van der Waals surface area contributed by atoms with Crippen LogP contribution >= 0.6 is 24.0 Å². The molecule has 0 saturated heterocycles. The number of hydrogen-bond donors (Lipinski definition) is 3. The zero-order chi connectivity index (χ0) is 21.9. The van der Waals surface area contributed by atoms with E-state index >= 15 is 0 Å². The fraction of sp³-hybridized carbons (Fsp3) is 0.364. The van der Waals surface area contributed by atoms with Crippen LogP contribution in [0.1, 0.15) is 23.6 Å². The van der Waals surface area contributed by atoms with Gasteiger partial charge >= 0.3 is 0 Å². The second kappa shape index (κ2) is 13.7. The van der Waals surface area contributed by atoms with Crippen molar-refractivity contribution in [2.24, 2.45) is 4.99 Å². The van der Waals surface area contributed by atoms with Gasteiger partial charge in [0, 0.05) is 26.7 Å². The van der Waals surface area contributed by atoms with E-state index in [-0.39, 0.29) is 42.3 Å². The van der Waals surface area contributed by atoms with E-state index in [0.717, 1.165) is 11.1 Å². The summed E-state index contributed by atoms with van der Waals surface area (Å²) in [6, 6.07) is 10.6. The minimum Gasteiger partial charge on any atom is -0.493 e. The van der Waals surface area contributed by atoms with Crippen LogP contribution in [-0.2, 0) is 17.9 Å². The molecule has 0 fully saturated rings.